The first-order valence-electron chi connectivity index (χ1n) is 19.9. The zero-order chi connectivity index (χ0) is 57.7. The number of carbonyl (C=O) groups is 8. The van der Waals surface area contributed by atoms with Crippen molar-refractivity contribution in [2.45, 2.75) is 138 Å². The van der Waals surface area contributed by atoms with Gasteiger partial charge < -0.3 is 61.3 Å². The number of hydrogen-bond donors (Lipinski definition) is 0. The average Bonchev–Trinajstić information content (AvgIpc) is 3.03. The van der Waals surface area contributed by atoms with Gasteiger partial charge in [0, 0.05) is 0 Å². The minimum atomic E-state index is -0.187. The van der Waals surface area contributed by atoms with Gasteiger partial charge in [0.1, 0.15) is 0 Å². The Morgan fingerprint density at radius 3 is 0.264 bits per heavy atom. The predicted molar refractivity (Wildman–Crippen MR) is 238 cm³/mol. The normalized spacial score (nSPS) is 9.89. The molecule has 24 heteroatoms. The molecule has 0 aromatic carbocycles. The van der Waals surface area contributed by atoms with Gasteiger partial charge in [-0.3, -0.25) is 38.4 Å². The van der Waals surface area contributed by atoms with Crippen LogP contribution >= 0.6 is 0 Å². The van der Waals surface area contributed by atoms with E-state index in [4.69, 9.17) is 20.4 Å². The van der Waals surface area contributed by atoms with Crippen LogP contribution in [0.1, 0.15) is 138 Å². The van der Waals surface area contributed by atoms with Crippen LogP contribution in [0.5, 0.6) is 0 Å². The molecule has 0 rings (SSSR count). The van der Waals surface area contributed by atoms with Crippen LogP contribution in [0.3, 0.4) is 0 Å². The SMILES string of the molecule is CC(=O)/C=C(/C)[O-].CC(=O)/C=C(/C)[O-].CC(=O)/C=C(/C)[O-].CC(=O)/C=C(/C)[O-].CC(=O)/C=C(/C)[O-].CC(=O)/C=C(/C)[O-].CC(=O)/C=C(/C)[O-].CC(=O)/C=C(/C)[O-].CC[O-].CC[O-].CC[O-].CC[O-].[Ru+3].[Ru+3].[Ru+3].[Ru+3]. The van der Waals surface area contributed by atoms with Crippen LogP contribution in [-0.4, -0.2) is 72.7 Å². The number of allylic oxidation sites excluding steroid dienone is 16. The van der Waals surface area contributed by atoms with Gasteiger partial charge in [-0.2, -0.15) is 0 Å². The third kappa shape index (κ3) is 356. The van der Waals surface area contributed by atoms with Gasteiger partial charge in [-0.25, -0.2) is 0 Å². The molecule has 20 nitrogen and oxygen atoms in total. The Hall–Kier alpha value is -3.99. The molecule has 4 radical (unpaired) electrons. The van der Waals surface area contributed by atoms with E-state index in [0.717, 1.165) is 48.6 Å². The fraction of sp³-hybridized carbons (Fsp3) is 0.500. The molecule has 0 aliphatic heterocycles. The molecule has 0 aliphatic carbocycles. The van der Waals surface area contributed by atoms with Gasteiger partial charge >= 0.3 is 77.9 Å². The molecule has 0 bridgehead atoms. The Bertz CT molecular complexity index is 1220. The van der Waals surface area contributed by atoms with E-state index in [9.17, 15) is 79.2 Å². The van der Waals surface area contributed by atoms with E-state index in [1.165, 1.54) is 111 Å². The van der Waals surface area contributed by atoms with E-state index in [2.05, 4.69) is 0 Å². The van der Waals surface area contributed by atoms with Gasteiger partial charge in [-0.1, -0.05) is 83.1 Å². The maximum atomic E-state index is 9.98. The molecule has 0 fully saturated rings. The van der Waals surface area contributed by atoms with Crippen molar-refractivity contribution in [1.29, 1.82) is 0 Å². The van der Waals surface area contributed by atoms with Crippen molar-refractivity contribution in [2.75, 3.05) is 26.4 Å². The summed E-state index contributed by atoms with van der Waals surface area (Å²) in [6, 6.07) is 0. The second kappa shape index (κ2) is 93.1. The predicted octanol–water partition coefficient (Wildman–Crippen LogP) is -3.83. The molecule has 420 valence electrons. The fourth-order valence-electron chi connectivity index (χ4n) is 2.29. The van der Waals surface area contributed by atoms with Crippen LogP contribution in [0.4, 0.5) is 0 Å². The molecular formula is C48H76O20Ru4. The Morgan fingerprint density at radius 1 is 0.222 bits per heavy atom. The van der Waals surface area contributed by atoms with Gasteiger partial charge in [0.05, 0.1) is 0 Å². The summed E-state index contributed by atoms with van der Waals surface area (Å²) in [7, 11) is 0. The number of carbonyl (C=O) groups excluding carboxylic acids is 8. The first-order valence-corrected chi connectivity index (χ1v) is 19.9. The minimum Gasteiger partial charge on any atom is -0.876 e. The van der Waals surface area contributed by atoms with Crippen LogP contribution in [0.15, 0.2) is 94.7 Å². The monoisotopic (exact) mass is 1380 g/mol. The summed E-state index contributed by atoms with van der Waals surface area (Å²) in [5.74, 6) is -3.00. The molecule has 72 heavy (non-hydrogen) atoms. The van der Waals surface area contributed by atoms with Crippen molar-refractivity contribution in [2.24, 2.45) is 0 Å². The Balaban J connectivity index is -0.0000000342. The Morgan fingerprint density at radius 2 is 0.264 bits per heavy atom. The average molecular weight is 1380 g/mol. The summed E-state index contributed by atoms with van der Waals surface area (Å²) in [5, 5.41) is 116. The summed E-state index contributed by atoms with van der Waals surface area (Å²) in [4.78, 5) is 79.8. The van der Waals surface area contributed by atoms with Crippen molar-refractivity contribution in [3.63, 3.8) is 0 Å². The molecule has 0 spiro atoms. The van der Waals surface area contributed by atoms with E-state index in [-0.39, 0.29) is 197 Å². The molecule has 0 aromatic rings. The van der Waals surface area contributed by atoms with E-state index >= 15 is 0 Å². The third-order valence-corrected chi connectivity index (χ3v) is 3.25. The molecule has 0 saturated carbocycles. The van der Waals surface area contributed by atoms with Crippen molar-refractivity contribution in [1.82, 2.24) is 0 Å². The van der Waals surface area contributed by atoms with Crippen LogP contribution in [0, 0.1) is 0 Å². The van der Waals surface area contributed by atoms with Crippen LogP contribution in [-0.2, 0) is 116 Å². The van der Waals surface area contributed by atoms with Gasteiger partial charge in [-0.05, 0) is 104 Å². The van der Waals surface area contributed by atoms with E-state index in [1.54, 1.807) is 27.7 Å². The van der Waals surface area contributed by atoms with Gasteiger partial charge in [0.2, 0.25) is 0 Å². The van der Waals surface area contributed by atoms with Crippen LogP contribution in [0.2, 0.25) is 0 Å². The number of hydrogen-bond acceptors (Lipinski definition) is 20. The fourth-order valence-corrected chi connectivity index (χ4v) is 2.29. The molecule has 0 atom stereocenters. The van der Waals surface area contributed by atoms with E-state index in [0.29, 0.717) is 0 Å². The maximum absolute atomic E-state index is 9.98. The molecule has 0 saturated heterocycles. The van der Waals surface area contributed by atoms with Crippen LogP contribution in [0.25, 0.3) is 0 Å². The molecule has 0 aromatic heterocycles. The van der Waals surface area contributed by atoms with Gasteiger partial charge in [0.15, 0.2) is 46.3 Å². The molecule has 0 heterocycles. The first kappa shape index (κ1) is 113. The smallest absolute Gasteiger partial charge is 0.876 e. The van der Waals surface area contributed by atoms with Crippen molar-refractivity contribution >= 4 is 46.3 Å². The number of ketones is 8. The van der Waals surface area contributed by atoms with Gasteiger partial charge in [0.25, 0.3) is 0 Å². The van der Waals surface area contributed by atoms with E-state index in [1.807, 2.05) is 0 Å². The summed E-state index contributed by atoms with van der Waals surface area (Å²) < 4.78 is 0. The summed E-state index contributed by atoms with van der Waals surface area (Å²) in [6.07, 6.45) is 8.44. The molecule has 0 N–H and O–H groups in total. The first-order chi connectivity index (χ1) is 30.7. The summed E-state index contributed by atoms with van der Waals surface area (Å²) in [6.45, 7) is 27.9. The minimum absolute atomic E-state index is 0. The molecule has 0 aliphatic rings. The zero-order valence-corrected chi connectivity index (χ0v) is 52.0. The van der Waals surface area contributed by atoms with Gasteiger partial charge in [-0.15, -0.1) is 72.5 Å². The van der Waals surface area contributed by atoms with Crippen molar-refractivity contribution < 1.29 is 178 Å². The quantitative estimate of drug-likeness (QED) is 0.128. The molecule has 0 amide bonds. The Kier molecular flexibility index (Phi) is 146. The molecular weight excluding hydrogens is 1300 g/mol. The third-order valence-electron chi connectivity index (χ3n) is 3.25. The zero-order valence-electron chi connectivity index (χ0n) is 45.0. The molecule has 0 unspecified atom stereocenters. The Labute approximate surface area is 480 Å². The van der Waals surface area contributed by atoms with Crippen LogP contribution < -0.4 is 61.3 Å². The summed E-state index contributed by atoms with van der Waals surface area (Å²) in [5.41, 5.74) is 0. The van der Waals surface area contributed by atoms with Crippen molar-refractivity contribution in [3.8, 4) is 0 Å². The standard InChI is InChI=1S/8C5H8O2.4C2H5O.4Ru/c8*1-4(6)3-5(2)7;4*1-2-3;;;;/h8*3,6H,1-2H3;4*2H2,1H3;;;;/q;;;;;;;;4*-1;4*+3/p-8/b8*4-3-;;;;;;;;. The van der Waals surface area contributed by atoms with Crippen molar-refractivity contribution in [3.05, 3.63) is 94.7 Å². The van der Waals surface area contributed by atoms with E-state index < -0.39 is 0 Å². The number of rotatable bonds is 8. The topological polar surface area (TPSA) is 413 Å². The summed E-state index contributed by atoms with van der Waals surface area (Å²) >= 11 is 0. The second-order valence-electron chi connectivity index (χ2n) is 12.1. The maximum Gasteiger partial charge on any atom is 3.00 e. The largest absolute Gasteiger partial charge is 3.00 e. The second-order valence-corrected chi connectivity index (χ2v) is 12.1.